The summed E-state index contributed by atoms with van der Waals surface area (Å²) in [4.78, 5) is 2.40. The molecule has 0 aliphatic heterocycles. The fourth-order valence-corrected chi connectivity index (χ4v) is 7.21. The van der Waals surface area contributed by atoms with Crippen LogP contribution in [0.1, 0.15) is 0 Å². The molecule has 0 unspecified atom stereocenters. The van der Waals surface area contributed by atoms with Crippen molar-refractivity contribution in [2.24, 2.45) is 0 Å². The van der Waals surface area contributed by atoms with Crippen molar-refractivity contribution < 1.29 is 0 Å². The smallest absolute Gasteiger partial charge is 0.0540 e. The van der Waals surface area contributed by atoms with Gasteiger partial charge in [-0.15, -0.1) is 0 Å². The largest absolute Gasteiger partial charge is 0.310 e. The zero-order valence-electron chi connectivity index (χ0n) is 27.0. The van der Waals surface area contributed by atoms with Crippen molar-refractivity contribution in [1.82, 2.24) is 0 Å². The van der Waals surface area contributed by atoms with Crippen LogP contribution in [0.3, 0.4) is 0 Å². The van der Waals surface area contributed by atoms with E-state index in [0.717, 1.165) is 17.1 Å². The van der Waals surface area contributed by atoms with Gasteiger partial charge in [0, 0.05) is 16.9 Å². The Labute approximate surface area is 287 Å². The summed E-state index contributed by atoms with van der Waals surface area (Å²) in [6.07, 6.45) is 0. The molecule has 9 aromatic carbocycles. The molecule has 0 atom stereocenters. The molecule has 0 heterocycles. The second-order valence-electron chi connectivity index (χ2n) is 12.6. The number of fused-ring (bicyclic) bond motifs is 4. The highest BCUT2D eigenvalue weighted by atomic mass is 15.1. The van der Waals surface area contributed by atoms with Crippen molar-refractivity contribution in [3.05, 3.63) is 200 Å². The van der Waals surface area contributed by atoms with Crippen molar-refractivity contribution in [1.29, 1.82) is 0 Å². The zero-order chi connectivity index (χ0) is 32.6. The number of nitrogens with zero attached hydrogens (tertiary/aromatic N) is 1. The number of benzene rings is 9. The highest BCUT2D eigenvalue weighted by molar-refractivity contribution is 6.15. The molecule has 0 saturated carbocycles. The molecule has 0 aliphatic rings. The lowest BCUT2D eigenvalue weighted by Crippen LogP contribution is -2.11. The third-order valence-corrected chi connectivity index (χ3v) is 9.64. The van der Waals surface area contributed by atoms with Crippen LogP contribution in [0.4, 0.5) is 17.1 Å². The molecule has 230 valence electrons. The summed E-state index contributed by atoms with van der Waals surface area (Å²) in [5.74, 6) is 0. The standard InChI is InChI=1S/C48H33N/c1-2-12-34(13-3-1)36-24-28-41(29-25-36)49(42-30-26-37(27-31-42)39-23-22-35-14-4-5-15-38(35)32-39)48-21-11-10-20-46(48)47-33-40-16-6-7-17-43(40)44-18-8-9-19-45(44)47/h1-33H. The van der Waals surface area contributed by atoms with Crippen molar-refractivity contribution in [3.63, 3.8) is 0 Å². The van der Waals surface area contributed by atoms with Crippen LogP contribution >= 0.6 is 0 Å². The van der Waals surface area contributed by atoms with Crippen LogP contribution in [0, 0.1) is 0 Å². The molecule has 49 heavy (non-hydrogen) atoms. The number of para-hydroxylation sites is 1. The predicted octanol–water partition coefficient (Wildman–Crippen LogP) is 13.6. The lowest BCUT2D eigenvalue weighted by Gasteiger charge is -2.28. The van der Waals surface area contributed by atoms with E-state index in [0.29, 0.717) is 0 Å². The number of rotatable bonds is 6. The summed E-state index contributed by atoms with van der Waals surface area (Å²) in [7, 11) is 0. The minimum absolute atomic E-state index is 1.11. The summed E-state index contributed by atoms with van der Waals surface area (Å²) < 4.78 is 0. The molecule has 0 aliphatic carbocycles. The highest BCUT2D eigenvalue weighted by Gasteiger charge is 2.19. The molecule has 1 nitrogen and oxygen atoms in total. The Hall–Kier alpha value is -6.44. The molecule has 0 bridgehead atoms. The average Bonchev–Trinajstić information content (AvgIpc) is 3.19. The first-order valence-electron chi connectivity index (χ1n) is 16.8. The van der Waals surface area contributed by atoms with Gasteiger partial charge < -0.3 is 4.90 Å². The van der Waals surface area contributed by atoms with E-state index in [-0.39, 0.29) is 0 Å². The molecule has 9 rings (SSSR count). The first kappa shape index (κ1) is 28.8. The summed E-state index contributed by atoms with van der Waals surface area (Å²) in [5.41, 5.74) is 10.6. The second-order valence-corrected chi connectivity index (χ2v) is 12.6. The maximum Gasteiger partial charge on any atom is 0.0540 e. The molecule has 0 amide bonds. The Morgan fingerprint density at radius 1 is 0.265 bits per heavy atom. The Balaban J connectivity index is 1.21. The Morgan fingerprint density at radius 2 is 0.776 bits per heavy atom. The lowest BCUT2D eigenvalue weighted by molar-refractivity contribution is 1.28. The van der Waals surface area contributed by atoms with Crippen LogP contribution < -0.4 is 4.90 Å². The van der Waals surface area contributed by atoms with Crippen LogP contribution in [0.15, 0.2) is 200 Å². The maximum atomic E-state index is 2.40. The van der Waals surface area contributed by atoms with Crippen LogP contribution in [0.25, 0.3) is 65.7 Å². The van der Waals surface area contributed by atoms with Crippen LogP contribution in [0.5, 0.6) is 0 Å². The van der Waals surface area contributed by atoms with Gasteiger partial charge in [-0.25, -0.2) is 0 Å². The molecule has 0 aromatic heterocycles. The predicted molar refractivity (Wildman–Crippen MR) is 210 cm³/mol. The fourth-order valence-electron chi connectivity index (χ4n) is 7.21. The lowest BCUT2D eigenvalue weighted by atomic mass is 9.92. The SMILES string of the molecule is c1ccc(-c2ccc(N(c3ccc(-c4ccc5ccccc5c4)cc3)c3ccccc3-c3cc4ccccc4c4ccccc34)cc2)cc1. The van der Waals surface area contributed by atoms with E-state index in [1.165, 1.54) is 65.7 Å². The van der Waals surface area contributed by atoms with E-state index >= 15 is 0 Å². The van der Waals surface area contributed by atoms with E-state index in [1.807, 2.05) is 0 Å². The molecule has 0 N–H and O–H groups in total. The van der Waals surface area contributed by atoms with Gasteiger partial charge in [-0.3, -0.25) is 0 Å². The first-order valence-corrected chi connectivity index (χ1v) is 16.8. The molecule has 0 spiro atoms. The highest BCUT2D eigenvalue weighted by Crippen LogP contribution is 2.44. The van der Waals surface area contributed by atoms with Gasteiger partial charge in [-0.1, -0.05) is 158 Å². The summed E-state index contributed by atoms with van der Waals surface area (Å²) in [5, 5.41) is 7.54. The molecular formula is C48H33N. The van der Waals surface area contributed by atoms with E-state index < -0.39 is 0 Å². The van der Waals surface area contributed by atoms with E-state index in [2.05, 4.69) is 205 Å². The van der Waals surface area contributed by atoms with Gasteiger partial charge in [0.25, 0.3) is 0 Å². The van der Waals surface area contributed by atoms with Crippen LogP contribution in [0.2, 0.25) is 0 Å². The van der Waals surface area contributed by atoms with Gasteiger partial charge >= 0.3 is 0 Å². The normalized spacial score (nSPS) is 11.3. The fraction of sp³-hybridized carbons (Fsp3) is 0. The summed E-state index contributed by atoms with van der Waals surface area (Å²) in [6.45, 7) is 0. The van der Waals surface area contributed by atoms with Crippen molar-refractivity contribution in [3.8, 4) is 33.4 Å². The molecule has 0 fully saturated rings. The second kappa shape index (κ2) is 12.3. The van der Waals surface area contributed by atoms with E-state index in [1.54, 1.807) is 0 Å². The third kappa shape index (κ3) is 5.32. The molecule has 0 radical (unpaired) electrons. The number of hydrogen-bond donors (Lipinski definition) is 0. The van der Waals surface area contributed by atoms with Crippen LogP contribution in [-0.2, 0) is 0 Å². The van der Waals surface area contributed by atoms with Gasteiger partial charge in [0.2, 0.25) is 0 Å². The minimum atomic E-state index is 1.11. The van der Waals surface area contributed by atoms with Gasteiger partial charge in [0.15, 0.2) is 0 Å². The van der Waals surface area contributed by atoms with Crippen molar-refractivity contribution in [2.75, 3.05) is 4.90 Å². The molecule has 9 aromatic rings. The van der Waals surface area contributed by atoms with Crippen molar-refractivity contribution >= 4 is 49.4 Å². The van der Waals surface area contributed by atoms with Crippen LogP contribution in [-0.4, -0.2) is 0 Å². The number of hydrogen-bond acceptors (Lipinski definition) is 1. The Kier molecular flexibility index (Phi) is 7.22. The Morgan fingerprint density at radius 3 is 1.51 bits per heavy atom. The topological polar surface area (TPSA) is 3.24 Å². The molecule has 1 heteroatoms. The van der Waals surface area contributed by atoms with Crippen molar-refractivity contribution in [2.45, 2.75) is 0 Å². The third-order valence-electron chi connectivity index (χ3n) is 9.64. The van der Waals surface area contributed by atoms with E-state index in [9.17, 15) is 0 Å². The van der Waals surface area contributed by atoms with Gasteiger partial charge in [0.1, 0.15) is 0 Å². The molecule has 0 saturated heterocycles. The minimum Gasteiger partial charge on any atom is -0.310 e. The quantitative estimate of drug-likeness (QED) is 0.167. The molecular weight excluding hydrogens is 591 g/mol. The van der Waals surface area contributed by atoms with Gasteiger partial charge in [0.05, 0.1) is 5.69 Å². The first-order chi connectivity index (χ1) is 24.3. The number of anilines is 3. The maximum absolute atomic E-state index is 2.40. The van der Waals surface area contributed by atoms with Gasteiger partial charge in [-0.2, -0.15) is 0 Å². The summed E-state index contributed by atoms with van der Waals surface area (Å²) >= 11 is 0. The average molecular weight is 624 g/mol. The van der Waals surface area contributed by atoms with Gasteiger partial charge in [-0.05, 0) is 103 Å². The van der Waals surface area contributed by atoms with E-state index in [4.69, 9.17) is 0 Å². The summed E-state index contributed by atoms with van der Waals surface area (Å²) in [6, 6.07) is 72.5. The monoisotopic (exact) mass is 623 g/mol. The zero-order valence-corrected chi connectivity index (χ0v) is 27.0. The Bertz CT molecular complexity index is 2580.